The normalized spacial score (nSPS) is 15.3. The number of nitrogens with one attached hydrogen (secondary N) is 1. The predicted octanol–water partition coefficient (Wildman–Crippen LogP) is 3.97. The van der Waals surface area contributed by atoms with E-state index in [1.807, 2.05) is 28.8 Å². The highest BCUT2D eigenvalue weighted by molar-refractivity contribution is 5.93. The molecule has 0 spiro atoms. The van der Waals surface area contributed by atoms with Crippen LogP contribution < -0.4 is 15.0 Å². The minimum Gasteiger partial charge on any atom is -0.485 e. The van der Waals surface area contributed by atoms with Gasteiger partial charge in [0.2, 0.25) is 0 Å². The van der Waals surface area contributed by atoms with Gasteiger partial charge in [-0.25, -0.2) is 18.7 Å². The number of rotatable bonds is 6. The van der Waals surface area contributed by atoms with Crippen molar-refractivity contribution < 1.29 is 18.3 Å². The van der Waals surface area contributed by atoms with E-state index < -0.39 is 6.43 Å². The van der Waals surface area contributed by atoms with E-state index in [9.17, 15) is 13.6 Å². The molecule has 2 aromatic heterocycles. The lowest BCUT2D eigenvalue weighted by molar-refractivity contribution is 0.0955. The molecule has 2 aromatic carbocycles. The van der Waals surface area contributed by atoms with Crippen LogP contribution in [0.25, 0.3) is 16.6 Å². The van der Waals surface area contributed by atoms with Gasteiger partial charge in [0.05, 0.1) is 16.9 Å². The number of hydrogen-bond donors (Lipinski definition) is 1. The van der Waals surface area contributed by atoms with Gasteiger partial charge in [0.1, 0.15) is 24.4 Å². The van der Waals surface area contributed by atoms with Crippen molar-refractivity contribution in [3.8, 4) is 11.4 Å². The fourth-order valence-electron chi connectivity index (χ4n) is 5.34. The van der Waals surface area contributed by atoms with Crippen LogP contribution in [0, 0.1) is 0 Å². The molecule has 2 aliphatic heterocycles. The summed E-state index contributed by atoms with van der Waals surface area (Å²) in [4.78, 5) is 25.3. The van der Waals surface area contributed by atoms with Crippen LogP contribution in [0.4, 0.5) is 14.5 Å². The van der Waals surface area contributed by atoms with Gasteiger partial charge in [-0.15, -0.1) is 0 Å². The topological polar surface area (TPSA) is 75.5 Å². The maximum atomic E-state index is 13.1. The quantitative estimate of drug-likeness (QED) is 0.416. The van der Waals surface area contributed by atoms with Crippen molar-refractivity contribution >= 4 is 22.5 Å². The van der Waals surface area contributed by atoms with E-state index in [2.05, 4.69) is 31.2 Å². The van der Waals surface area contributed by atoms with Gasteiger partial charge >= 0.3 is 0 Å². The van der Waals surface area contributed by atoms with Gasteiger partial charge in [-0.3, -0.25) is 14.3 Å². The number of nitrogens with zero attached hydrogens (tertiary/aromatic N) is 5. The van der Waals surface area contributed by atoms with Crippen molar-refractivity contribution in [3.05, 3.63) is 77.5 Å². The summed E-state index contributed by atoms with van der Waals surface area (Å²) in [6.45, 7) is 4.68. The summed E-state index contributed by atoms with van der Waals surface area (Å²) in [5, 5.41) is 3.53. The van der Waals surface area contributed by atoms with Crippen LogP contribution in [0.1, 0.15) is 33.9 Å². The number of alkyl halides is 2. The first-order valence-electron chi connectivity index (χ1n) is 12.7. The molecule has 0 unspecified atom stereocenters. The molecule has 1 saturated heterocycles. The second-order valence-corrected chi connectivity index (χ2v) is 9.50. The largest absolute Gasteiger partial charge is 0.485 e. The van der Waals surface area contributed by atoms with Crippen molar-refractivity contribution in [2.45, 2.75) is 19.5 Å². The monoisotopic (exact) mass is 518 g/mol. The van der Waals surface area contributed by atoms with E-state index in [0.29, 0.717) is 17.8 Å². The number of pyridine rings is 1. The molecule has 2 aliphatic rings. The van der Waals surface area contributed by atoms with Gasteiger partial charge in [0.25, 0.3) is 12.3 Å². The maximum absolute atomic E-state index is 13.1. The number of benzene rings is 2. The smallest absolute Gasteiger partial charge is 0.280 e. The summed E-state index contributed by atoms with van der Waals surface area (Å²) >= 11 is 0. The molecule has 4 heterocycles. The Balaban J connectivity index is 1.12. The van der Waals surface area contributed by atoms with Gasteiger partial charge < -0.3 is 15.0 Å². The van der Waals surface area contributed by atoms with Gasteiger partial charge in [-0.2, -0.15) is 0 Å². The van der Waals surface area contributed by atoms with E-state index in [-0.39, 0.29) is 11.6 Å². The lowest BCUT2D eigenvalue weighted by Crippen LogP contribution is -2.47. The second kappa shape index (κ2) is 10.0. The van der Waals surface area contributed by atoms with Gasteiger partial charge in [-0.1, -0.05) is 18.2 Å². The fourth-order valence-corrected chi connectivity index (χ4v) is 5.34. The Bertz CT molecular complexity index is 1500. The molecule has 0 saturated carbocycles. The standard InChI is InChI=1S/C28H28F2N6O2/c1-31-28(37)25-24-16-38-26-18(4-2-7-23(26)36(24)17-32-25)10-11-34-12-14-35(15-13-34)22-6-3-5-20-19(22)8-9-21(33-20)27(29)30/h2-9,17,27H,10-16H2,1H3,(H,31,37). The Morgan fingerprint density at radius 2 is 1.84 bits per heavy atom. The van der Waals surface area contributed by atoms with Crippen molar-refractivity contribution in [1.29, 1.82) is 0 Å². The molecule has 10 heteroatoms. The Kier molecular flexibility index (Phi) is 6.40. The number of hydrogen-bond acceptors (Lipinski definition) is 6. The minimum atomic E-state index is -2.57. The first-order chi connectivity index (χ1) is 18.5. The summed E-state index contributed by atoms with van der Waals surface area (Å²) in [6.07, 6.45) is -0.0555. The molecule has 4 aromatic rings. The number of aromatic nitrogens is 3. The summed E-state index contributed by atoms with van der Waals surface area (Å²) in [5.41, 5.74) is 4.60. The fraction of sp³-hybridized carbons (Fsp3) is 0.321. The number of carbonyl (C=O) groups excluding carboxylic acids is 1. The molecule has 38 heavy (non-hydrogen) atoms. The molecule has 0 bridgehead atoms. The number of imidazole rings is 1. The molecular weight excluding hydrogens is 490 g/mol. The van der Waals surface area contributed by atoms with E-state index in [1.165, 1.54) is 6.07 Å². The van der Waals surface area contributed by atoms with Crippen LogP contribution in [0.15, 0.2) is 54.9 Å². The number of anilines is 1. The third-order valence-corrected chi connectivity index (χ3v) is 7.36. The number of carbonyl (C=O) groups is 1. The SMILES string of the molecule is CNC(=O)c1ncn2c1COc1c(CCN3CCN(c4cccc5nc(C(F)F)ccc45)CC3)cccc1-2. The van der Waals surface area contributed by atoms with E-state index >= 15 is 0 Å². The lowest BCUT2D eigenvalue weighted by atomic mass is 10.1. The van der Waals surface area contributed by atoms with Crippen molar-refractivity contribution in [1.82, 2.24) is 24.8 Å². The number of halogens is 2. The number of ether oxygens (including phenoxy) is 1. The molecule has 1 amide bonds. The van der Waals surface area contributed by atoms with Crippen LogP contribution in [0.3, 0.4) is 0 Å². The van der Waals surface area contributed by atoms with Crippen LogP contribution in [-0.2, 0) is 13.0 Å². The third kappa shape index (κ3) is 4.34. The van der Waals surface area contributed by atoms with E-state index in [1.54, 1.807) is 25.5 Å². The molecule has 8 nitrogen and oxygen atoms in total. The summed E-state index contributed by atoms with van der Waals surface area (Å²) in [6, 6.07) is 15.0. The Morgan fingerprint density at radius 3 is 2.63 bits per heavy atom. The van der Waals surface area contributed by atoms with Gasteiger partial charge in [-0.05, 0) is 42.3 Å². The maximum Gasteiger partial charge on any atom is 0.280 e. The van der Waals surface area contributed by atoms with Crippen molar-refractivity contribution in [2.24, 2.45) is 0 Å². The number of fused-ring (bicyclic) bond motifs is 4. The first-order valence-corrected chi connectivity index (χ1v) is 12.7. The third-order valence-electron chi connectivity index (χ3n) is 7.36. The zero-order chi connectivity index (χ0) is 26.2. The van der Waals surface area contributed by atoms with Crippen LogP contribution in [-0.4, -0.2) is 65.1 Å². The Hall–Kier alpha value is -4.05. The summed E-state index contributed by atoms with van der Waals surface area (Å²) in [5.74, 6) is 0.615. The van der Waals surface area contributed by atoms with Crippen LogP contribution >= 0.6 is 0 Å². The molecule has 0 atom stereocenters. The van der Waals surface area contributed by atoms with Gasteiger partial charge in [0, 0.05) is 50.8 Å². The zero-order valence-electron chi connectivity index (χ0n) is 21.0. The molecule has 1 fully saturated rings. The number of piperazine rings is 1. The first kappa shape index (κ1) is 24.3. The molecule has 0 aliphatic carbocycles. The van der Waals surface area contributed by atoms with E-state index in [0.717, 1.165) is 72.9 Å². The Morgan fingerprint density at radius 1 is 1.05 bits per heavy atom. The molecular formula is C28H28F2N6O2. The predicted molar refractivity (Wildman–Crippen MR) is 140 cm³/mol. The zero-order valence-corrected chi connectivity index (χ0v) is 21.0. The molecule has 6 rings (SSSR count). The second-order valence-electron chi connectivity index (χ2n) is 9.50. The van der Waals surface area contributed by atoms with Crippen molar-refractivity contribution in [2.75, 3.05) is 44.7 Å². The van der Waals surface area contributed by atoms with Crippen LogP contribution in [0.2, 0.25) is 0 Å². The highest BCUT2D eigenvalue weighted by Gasteiger charge is 2.26. The number of para-hydroxylation sites is 1. The van der Waals surface area contributed by atoms with Gasteiger partial charge in [0.15, 0.2) is 5.69 Å². The average Bonchev–Trinajstić information content (AvgIpc) is 3.40. The Labute approximate surface area is 218 Å². The lowest BCUT2D eigenvalue weighted by Gasteiger charge is -2.36. The number of amides is 1. The molecule has 0 radical (unpaired) electrons. The summed E-state index contributed by atoms with van der Waals surface area (Å²) in [7, 11) is 1.59. The van der Waals surface area contributed by atoms with Crippen LogP contribution in [0.5, 0.6) is 5.75 Å². The highest BCUT2D eigenvalue weighted by Crippen LogP contribution is 2.35. The minimum absolute atomic E-state index is 0.192. The highest BCUT2D eigenvalue weighted by atomic mass is 19.3. The molecule has 1 N–H and O–H groups in total. The average molecular weight is 519 g/mol. The molecule has 196 valence electrons. The van der Waals surface area contributed by atoms with E-state index in [4.69, 9.17) is 4.74 Å². The van der Waals surface area contributed by atoms with Crippen molar-refractivity contribution in [3.63, 3.8) is 0 Å². The summed E-state index contributed by atoms with van der Waals surface area (Å²) < 4.78 is 34.2.